The zero-order chi connectivity index (χ0) is 18.4. The van der Waals surface area contributed by atoms with Crippen molar-refractivity contribution in [2.24, 2.45) is 0 Å². The zero-order valence-electron chi connectivity index (χ0n) is 16.1. The van der Waals surface area contributed by atoms with Crippen LogP contribution in [0.15, 0.2) is 24.3 Å². The Bertz CT molecular complexity index is 592. The van der Waals surface area contributed by atoms with Crippen LogP contribution in [0.3, 0.4) is 0 Å². The van der Waals surface area contributed by atoms with E-state index in [0.717, 1.165) is 26.1 Å². The molecule has 1 aliphatic heterocycles. The lowest BCUT2D eigenvalue weighted by atomic mass is 10.0. The Balaban J connectivity index is 0.00000338. The first-order valence-electron chi connectivity index (χ1n) is 8.96. The second kappa shape index (κ2) is 10.5. The highest BCUT2D eigenvalue weighted by Crippen LogP contribution is 2.22. The maximum Gasteiger partial charge on any atom is 0.244 e. The normalized spacial score (nSPS) is 18.5. The summed E-state index contributed by atoms with van der Waals surface area (Å²) in [4.78, 5) is 28.0. The second-order valence-electron chi connectivity index (χ2n) is 6.81. The van der Waals surface area contributed by atoms with E-state index in [1.165, 1.54) is 16.0 Å². The van der Waals surface area contributed by atoms with Crippen LogP contribution in [0.2, 0.25) is 0 Å². The third-order valence-electron chi connectivity index (χ3n) is 4.66. The Morgan fingerprint density at radius 1 is 1.31 bits per heavy atom. The van der Waals surface area contributed by atoms with Crippen molar-refractivity contribution >= 4 is 24.2 Å². The van der Waals surface area contributed by atoms with Crippen molar-refractivity contribution in [1.82, 2.24) is 20.4 Å². The van der Waals surface area contributed by atoms with Gasteiger partial charge in [-0.15, -0.1) is 12.4 Å². The fourth-order valence-electron chi connectivity index (χ4n) is 3.16. The van der Waals surface area contributed by atoms with E-state index < -0.39 is 6.04 Å². The highest BCUT2D eigenvalue weighted by atomic mass is 35.5. The van der Waals surface area contributed by atoms with E-state index in [2.05, 4.69) is 46.7 Å². The molecule has 0 bridgehead atoms. The van der Waals surface area contributed by atoms with Crippen molar-refractivity contribution in [3.05, 3.63) is 35.4 Å². The van der Waals surface area contributed by atoms with Crippen LogP contribution < -0.4 is 10.6 Å². The molecule has 2 N–H and O–H groups in total. The maximum atomic E-state index is 12.4. The van der Waals surface area contributed by atoms with Gasteiger partial charge >= 0.3 is 0 Å². The standard InChI is InChI=1S/C19H30N4O2.ClH/c1-5-15-6-8-16(9-7-15)17-12-20-10-11-23(17)13-18(24)21-14(2)19(25)22(3)4;/h6-9,14,17,20H,5,10-13H2,1-4H3,(H,21,24);1H. The van der Waals surface area contributed by atoms with Crippen molar-refractivity contribution in [3.63, 3.8) is 0 Å². The molecule has 0 spiro atoms. The summed E-state index contributed by atoms with van der Waals surface area (Å²) in [7, 11) is 3.38. The number of likely N-dealkylation sites (N-methyl/N-ethyl adjacent to an activating group) is 1. The molecule has 1 fully saturated rings. The van der Waals surface area contributed by atoms with E-state index in [-0.39, 0.29) is 30.3 Å². The van der Waals surface area contributed by atoms with E-state index in [0.29, 0.717) is 6.54 Å². The topological polar surface area (TPSA) is 64.7 Å². The molecule has 7 heteroatoms. The number of aryl methyl sites for hydroxylation is 1. The van der Waals surface area contributed by atoms with Gasteiger partial charge in [0.2, 0.25) is 11.8 Å². The van der Waals surface area contributed by atoms with Gasteiger partial charge in [-0.2, -0.15) is 0 Å². The minimum atomic E-state index is -0.507. The lowest BCUT2D eigenvalue weighted by Crippen LogP contribution is -2.52. The minimum Gasteiger partial charge on any atom is -0.347 e. The van der Waals surface area contributed by atoms with Gasteiger partial charge in [0.1, 0.15) is 6.04 Å². The van der Waals surface area contributed by atoms with Crippen LogP contribution >= 0.6 is 12.4 Å². The number of carbonyl (C=O) groups is 2. The summed E-state index contributed by atoms with van der Waals surface area (Å²) >= 11 is 0. The Kier molecular flexibility index (Phi) is 9.05. The van der Waals surface area contributed by atoms with Gasteiger partial charge in [-0.3, -0.25) is 14.5 Å². The maximum absolute atomic E-state index is 12.4. The molecule has 26 heavy (non-hydrogen) atoms. The molecule has 0 aromatic heterocycles. The van der Waals surface area contributed by atoms with Gasteiger partial charge in [-0.05, 0) is 24.5 Å². The molecule has 1 saturated heterocycles. The number of hydrogen-bond acceptors (Lipinski definition) is 4. The first-order chi connectivity index (χ1) is 11.9. The Labute approximate surface area is 162 Å². The van der Waals surface area contributed by atoms with Crippen molar-refractivity contribution < 1.29 is 9.59 Å². The molecule has 1 aromatic rings. The number of piperazine rings is 1. The largest absolute Gasteiger partial charge is 0.347 e. The van der Waals surface area contributed by atoms with Crippen LogP contribution in [-0.4, -0.2) is 67.9 Å². The van der Waals surface area contributed by atoms with E-state index in [1.807, 2.05) is 0 Å². The fourth-order valence-corrected chi connectivity index (χ4v) is 3.16. The lowest BCUT2D eigenvalue weighted by Gasteiger charge is -2.36. The molecule has 0 radical (unpaired) electrons. The molecule has 0 aliphatic carbocycles. The predicted octanol–water partition coefficient (Wildman–Crippen LogP) is 1.21. The van der Waals surface area contributed by atoms with Crippen molar-refractivity contribution in [2.45, 2.75) is 32.4 Å². The summed E-state index contributed by atoms with van der Waals surface area (Å²) in [5, 5.41) is 6.21. The van der Waals surface area contributed by atoms with Crippen LogP contribution in [0.1, 0.15) is 31.0 Å². The number of rotatable bonds is 6. The Morgan fingerprint density at radius 2 is 1.96 bits per heavy atom. The second-order valence-corrected chi connectivity index (χ2v) is 6.81. The van der Waals surface area contributed by atoms with Gasteiger partial charge in [0.05, 0.1) is 6.54 Å². The third kappa shape index (κ3) is 5.97. The van der Waals surface area contributed by atoms with Crippen molar-refractivity contribution in [3.8, 4) is 0 Å². The van der Waals surface area contributed by atoms with Crippen LogP contribution in [0.4, 0.5) is 0 Å². The molecular weight excluding hydrogens is 352 g/mol. The smallest absolute Gasteiger partial charge is 0.244 e. The summed E-state index contributed by atoms with van der Waals surface area (Å²) in [5.41, 5.74) is 2.53. The Morgan fingerprint density at radius 3 is 2.54 bits per heavy atom. The zero-order valence-corrected chi connectivity index (χ0v) is 16.9. The number of benzene rings is 1. The summed E-state index contributed by atoms with van der Waals surface area (Å²) in [6.07, 6.45) is 1.02. The first-order valence-corrected chi connectivity index (χ1v) is 8.96. The molecule has 2 unspecified atom stereocenters. The lowest BCUT2D eigenvalue weighted by molar-refractivity contribution is -0.134. The minimum absolute atomic E-state index is 0. The van der Waals surface area contributed by atoms with Crippen LogP contribution in [-0.2, 0) is 16.0 Å². The van der Waals surface area contributed by atoms with Gasteiger partial charge in [-0.25, -0.2) is 0 Å². The summed E-state index contributed by atoms with van der Waals surface area (Å²) in [6.45, 7) is 6.66. The van der Waals surface area contributed by atoms with E-state index in [9.17, 15) is 9.59 Å². The average Bonchev–Trinajstić information content (AvgIpc) is 2.61. The molecule has 1 aliphatic rings. The van der Waals surface area contributed by atoms with Crippen LogP contribution in [0.5, 0.6) is 0 Å². The highest BCUT2D eigenvalue weighted by molar-refractivity contribution is 5.87. The van der Waals surface area contributed by atoms with Crippen LogP contribution in [0.25, 0.3) is 0 Å². The predicted molar refractivity (Wildman–Crippen MR) is 107 cm³/mol. The number of nitrogens with one attached hydrogen (secondary N) is 2. The molecule has 1 heterocycles. The number of amides is 2. The average molecular weight is 383 g/mol. The summed E-state index contributed by atoms with van der Waals surface area (Å²) < 4.78 is 0. The van der Waals surface area contributed by atoms with Crippen LogP contribution in [0, 0.1) is 0 Å². The van der Waals surface area contributed by atoms with Gasteiger partial charge in [0, 0.05) is 39.8 Å². The number of carbonyl (C=O) groups excluding carboxylic acids is 2. The van der Waals surface area contributed by atoms with Gasteiger partial charge in [0.15, 0.2) is 0 Å². The monoisotopic (exact) mass is 382 g/mol. The Hall–Kier alpha value is -1.63. The van der Waals surface area contributed by atoms with Gasteiger partial charge < -0.3 is 15.5 Å². The SMILES string of the molecule is CCc1ccc(C2CNCCN2CC(=O)NC(C)C(=O)N(C)C)cc1.Cl. The molecule has 0 saturated carbocycles. The highest BCUT2D eigenvalue weighted by Gasteiger charge is 2.26. The molecule has 2 amide bonds. The van der Waals surface area contributed by atoms with E-state index in [4.69, 9.17) is 0 Å². The molecule has 146 valence electrons. The molecule has 2 atom stereocenters. The van der Waals surface area contributed by atoms with Crippen molar-refractivity contribution in [1.29, 1.82) is 0 Å². The number of nitrogens with zero attached hydrogens (tertiary/aromatic N) is 2. The summed E-state index contributed by atoms with van der Waals surface area (Å²) in [5.74, 6) is -0.208. The molecular formula is C19H31ClN4O2. The fraction of sp³-hybridized carbons (Fsp3) is 0.579. The van der Waals surface area contributed by atoms with E-state index in [1.54, 1.807) is 21.0 Å². The van der Waals surface area contributed by atoms with E-state index >= 15 is 0 Å². The molecule has 6 nitrogen and oxygen atoms in total. The summed E-state index contributed by atoms with van der Waals surface area (Å²) in [6, 6.07) is 8.28. The van der Waals surface area contributed by atoms with Gasteiger partial charge in [-0.1, -0.05) is 31.2 Å². The number of hydrogen-bond donors (Lipinski definition) is 2. The third-order valence-corrected chi connectivity index (χ3v) is 4.66. The first kappa shape index (κ1) is 22.4. The molecule has 2 rings (SSSR count). The van der Waals surface area contributed by atoms with Crippen molar-refractivity contribution in [2.75, 3.05) is 40.3 Å². The molecule has 1 aromatic carbocycles. The van der Waals surface area contributed by atoms with Gasteiger partial charge in [0.25, 0.3) is 0 Å². The quantitative estimate of drug-likeness (QED) is 0.776. The number of halogens is 1.